The average molecular weight is 615 g/mol. The molecule has 46 heavy (non-hydrogen) atoms. The van der Waals surface area contributed by atoms with Crippen LogP contribution < -0.4 is 19.6 Å². The van der Waals surface area contributed by atoms with Crippen LogP contribution >= 0.6 is 0 Å². The van der Waals surface area contributed by atoms with Crippen LogP contribution in [0.4, 0.5) is 22.7 Å². The van der Waals surface area contributed by atoms with E-state index >= 15 is 0 Å². The van der Waals surface area contributed by atoms with E-state index < -0.39 is 23.6 Å². The quantitative estimate of drug-likeness (QED) is 0.320. The Morgan fingerprint density at radius 2 is 0.630 bits per heavy atom. The number of imide groups is 2. The number of piperazine rings is 2. The van der Waals surface area contributed by atoms with Gasteiger partial charge < -0.3 is 19.6 Å². The van der Waals surface area contributed by atoms with Gasteiger partial charge in [-0.1, -0.05) is 0 Å². The molecule has 4 amide bonds. The SMILES string of the molecule is CN1CCN(c2ccc(N3C(=O)c4ccc5c6c(ccc(c46)C3=O)C(=O)N(c3ccc(N4CCN(C)CC4)cc3)C5=O)cc2)CC1. The van der Waals surface area contributed by atoms with Crippen LogP contribution in [-0.4, -0.2) is 99.9 Å². The Balaban J connectivity index is 1.11. The molecule has 8 rings (SSSR count). The number of hydrogen-bond acceptors (Lipinski definition) is 8. The van der Waals surface area contributed by atoms with E-state index in [1.54, 1.807) is 48.5 Å². The third kappa shape index (κ3) is 4.39. The fraction of sp³-hybridized carbons (Fsp3) is 0.278. The highest BCUT2D eigenvalue weighted by atomic mass is 16.2. The van der Waals surface area contributed by atoms with Crippen molar-refractivity contribution in [1.82, 2.24) is 9.80 Å². The number of rotatable bonds is 4. The van der Waals surface area contributed by atoms with Crippen LogP contribution in [0.5, 0.6) is 0 Å². The Hall–Kier alpha value is -5.06. The standard InChI is InChI=1S/C36H34N6O4/c1-37-15-19-39(20-16-37)23-3-7-25(8-4-23)41-33(43)27-11-13-29-32-30(14-12-28(31(27)32)34(41)44)36(46)42(35(29)45)26-9-5-24(6-10-26)40-21-17-38(2)18-22-40/h3-14H,15-22H2,1-2H3. The van der Waals surface area contributed by atoms with Crippen molar-refractivity contribution in [3.63, 3.8) is 0 Å². The molecule has 0 unspecified atom stereocenters. The number of anilines is 4. The van der Waals surface area contributed by atoms with E-state index in [1.807, 2.05) is 24.3 Å². The minimum Gasteiger partial charge on any atom is -0.369 e. The van der Waals surface area contributed by atoms with E-state index in [1.165, 1.54) is 9.80 Å². The van der Waals surface area contributed by atoms with Crippen molar-refractivity contribution in [2.45, 2.75) is 0 Å². The lowest BCUT2D eigenvalue weighted by atomic mass is 9.85. The molecule has 0 aromatic heterocycles. The topological polar surface area (TPSA) is 87.7 Å². The zero-order chi connectivity index (χ0) is 31.7. The Labute approximate surface area is 267 Å². The second kappa shape index (κ2) is 10.8. The average Bonchev–Trinajstić information content (AvgIpc) is 3.08. The summed E-state index contributed by atoms with van der Waals surface area (Å²) in [6.07, 6.45) is 0. The number of nitrogens with zero attached hydrogens (tertiary/aromatic N) is 6. The molecule has 0 spiro atoms. The molecule has 0 radical (unpaired) electrons. The first-order chi connectivity index (χ1) is 22.3. The molecule has 4 aliphatic heterocycles. The second-order valence-electron chi connectivity index (χ2n) is 12.6. The second-order valence-corrected chi connectivity index (χ2v) is 12.6. The maximum Gasteiger partial charge on any atom is 0.265 e. The number of likely N-dealkylation sites (N-methyl/N-ethyl adjacent to an activating group) is 2. The lowest BCUT2D eigenvalue weighted by Gasteiger charge is -2.35. The van der Waals surface area contributed by atoms with E-state index in [0.29, 0.717) is 44.4 Å². The predicted octanol–water partition coefficient (Wildman–Crippen LogP) is 3.94. The maximum absolute atomic E-state index is 13.9. The Morgan fingerprint density at radius 1 is 0.370 bits per heavy atom. The highest BCUT2D eigenvalue weighted by Gasteiger charge is 2.40. The monoisotopic (exact) mass is 614 g/mol. The maximum atomic E-state index is 13.9. The fourth-order valence-corrected chi connectivity index (χ4v) is 7.10. The largest absolute Gasteiger partial charge is 0.369 e. The van der Waals surface area contributed by atoms with Gasteiger partial charge in [0.2, 0.25) is 0 Å². The summed E-state index contributed by atoms with van der Waals surface area (Å²) in [6.45, 7) is 7.54. The number of benzene rings is 4. The molecule has 4 aromatic rings. The van der Waals surface area contributed by atoms with Gasteiger partial charge in [0, 0.05) is 96.8 Å². The predicted molar refractivity (Wildman–Crippen MR) is 179 cm³/mol. The summed E-state index contributed by atoms with van der Waals surface area (Å²) in [5, 5.41) is 0.726. The minimum atomic E-state index is -0.477. The van der Waals surface area contributed by atoms with Crippen LogP contribution in [0.15, 0.2) is 72.8 Å². The fourth-order valence-electron chi connectivity index (χ4n) is 7.10. The van der Waals surface area contributed by atoms with E-state index in [9.17, 15) is 19.2 Å². The van der Waals surface area contributed by atoms with Crippen LogP contribution in [-0.2, 0) is 0 Å². The van der Waals surface area contributed by atoms with Gasteiger partial charge in [-0.2, -0.15) is 0 Å². The van der Waals surface area contributed by atoms with Gasteiger partial charge >= 0.3 is 0 Å². The first-order valence-electron chi connectivity index (χ1n) is 15.7. The lowest BCUT2D eigenvalue weighted by Crippen LogP contribution is -2.44. The van der Waals surface area contributed by atoms with E-state index in [4.69, 9.17) is 0 Å². The zero-order valence-corrected chi connectivity index (χ0v) is 25.9. The summed E-state index contributed by atoms with van der Waals surface area (Å²) in [6, 6.07) is 21.4. The molecule has 10 heteroatoms. The minimum absolute atomic E-state index is 0.295. The van der Waals surface area contributed by atoms with Crippen LogP contribution in [0.25, 0.3) is 10.8 Å². The molecule has 2 saturated heterocycles. The normalized spacial score (nSPS) is 19.1. The Kier molecular flexibility index (Phi) is 6.66. The highest BCUT2D eigenvalue weighted by molar-refractivity contribution is 6.42. The van der Waals surface area contributed by atoms with Gasteiger partial charge in [-0.05, 0) is 86.9 Å². The van der Waals surface area contributed by atoms with Crippen molar-refractivity contribution >= 4 is 57.2 Å². The van der Waals surface area contributed by atoms with Crippen LogP contribution in [0.3, 0.4) is 0 Å². The summed E-state index contributed by atoms with van der Waals surface area (Å²) in [7, 11) is 4.22. The summed E-state index contributed by atoms with van der Waals surface area (Å²) in [5.74, 6) is -1.91. The molecule has 0 aliphatic carbocycles. The van der Waals surface area contributed by atoms with Crippen molar-refractivity contribution in [2.75, 3.05) is 86.1 Å². The van der Waals surface area contributed by atoms with Crippen molar-refractivity contribution in [3.05, 3.63) is 95.1 Å². The summed E-state index contributed by atoms with van der Waals surface area (Å²) >= 11 is 0. The molecular formula is C36H34N6O4. The smallest absolute Gasteiger partial charge is 0.265 e. The van der Waals surface area contributed by atoms with Gasteiger partial charge in [0.25, 0.3) is 23.6 Å². The van der Waals surface area contributed by atoms with Crippen LogP contribution in [0.1, 0.15) is 41.4 Å². The third-order valence-electron chi connectivity index (χ3n) is 9.85. The third-order valence-corrected chi connectivity index (χ3v) is 9.85. The van der Waals surface area contributed by atoms with Gasteiger partial charge in [0.1, 0.15) is 0 Å². The molecule has 0 N–H and O–H groups in total. The Morgan fingerprint density at radius 3 is 0.913 bits per heavy atom. The lowest BCUT2D eigenvalue weighted by molar-refractivity contribution is 0.0873. The van der Waals surface area contributed by atoms with E-state index in [0.717, 1.165) is 63.7 Å². The van der Waals surface area contributed by atoms with Gasteiger partial charge in [-0.15, -0.1) is 0 Å². The van der Waals surface area contributed by atoms with Gasteiger partial charge in [-0.3, -0.25) is 19.2 Å². The van der Waals surface area contributed by atoms with E-state index in [2.05, 4.69) is 33.7 Å². The summed E-state index contributed by atoms with van der Waals surface area (Å²) in [4.78, 5) is 67.1. The van der Waals surface area contributed by atoms with E-state index in [-0.39, 0.29) is 0 Å². The molecule has 2 fully saturated rings. The first-order valence-corrected chi connectivity index (χ1v) is 15.7. The molecular weight excluding hydrogens is 580 g/mol. The molecule has 0 saturated carbocycles. The number of amides is 4. The van der Waals surface area contributed by atoms with Crippen molar-refractivity contribution < 1.29 is 19.2 Å². The molecule has 4 heterocycles. The zero-order valence-electron chi connectivity index (χ0n) is 25.9. The molecule has 232 valence electrons. The number of carbonyl (C=O) groups is 4. The molecule has 0 bridgehead atoms. The van der Waals surface area contributed by atoms with Gasteiger partial charge in [0.15, 0.2) is 0 Å². The van der Waals surface area contributed by atoms with Crippen molar-refractivity contribution in [2.24, 2.45) is 0 Å². The number of hydrogen-bond donors (Lipinski definition) is 0. The molecule has 4 aromatic carbocycles. The van der Waals surface area contributed by atoms with Gasteiger partial charge in [0.05, 0.1) is 11.4 Å². The van der Waals surface area contributed by atoms with Crippen molar-refractivity contribution in [3.8, 4) is 0 Å². The van der Waals surface area contributed by atoms with Gasteiger partial charge in [-0.25, -0.2) is 9.80 Å². The summed E-state index contributed by atoms with van der Waals surface area (Å²) in [5.41, 5.74) is 4.22. The Bertz CT molecular complexity index is 1710. The summed E-state index contributed by atoms with van der Waals surface area (Å²) < 4.78 is 0. The van der Waals surface area contributed by atoms with Crippen LogP contribution in [0, 0.1) is 0 Å². The first kappa shape index (κ1) is 28.4. The molecule has 4 aliphatic rings. The van der Waals surface area contributed by atoms with Crippen molar-refractivity contribution in [1.29, 1.82) is 0 Å². The molecule has 0 atom stereocenters. The molecule has 10 nitrogen and oxygen atoms in total. The number of carbonyl (C=O) groups excluding carboxylic acids is 4. The highest BCUT2D eigenvalue weighted by Crippen LogP contribution is 2.40. The van der Waals surface area contributed by atoms with Crippen LogP contribution in [0.2, 0.25) is 0 Å².